The number of rotatable bonds is 5. The van der Waals surface area contributed by atoms with Gasteiger partial charge in [-0.3, -0.25) is 4.79 Å². The summed E-state index contributed by atoms with van der Waals surface area (Å²) in [6.45, 7) is 5.49. The number of carboxylic acids is 1. The summed E-state index contributed by atoms with van der Waals surface area (Å²) in [6.07, 6.45) is -0.591. The van der Waals surface area contributed by atoms with Crippen LogP contribution in [0.2, 0.25) is 0 Å². The molecule has 8 heteroatoms. The van der Waals surface area contributed by atoms with Gasteiger partial charge in [-0.25, -0.2) is 9.59 Å². The molecule has 2 aromatic carbocycles. The van der Waals surface area contributed by atoms with Gasteiger partial charge in [-0.2, -0.15) is 0 Å². The van der Waals surface area contributed by atoms with E-state index in [0.717, 1.165) is 11.6 Å². The van der Waals surface area contributed by atoms with E-state index < -0.39 is 23.1 Å². The maximum atomic E-state index is 12.5. The first-order valence-electron chi connectivity index (χ1n) is 10.2. The van der Waals surface area contributed by atoms with Crippen molar-refractivity contribution < 1.29 is 24.2 Å². The SMILES string of the molecule is CC(C)(C)OC(=O)NCC#Cc1ccc2c(=O)cc(C(=O)O)[nH]c2c1OCc1ccccc1. The van der Waals surface area contributed by atoms with Crippen molar-refractivity contribution in [2.75, 3.05) is 6.54 Å². The molecule has 0 bridgehead atoms. The summed E-state index contributed by atoms with van der Waals surface area (Å²) in [4.78, 5) is 38.5. The number of aromatic amines is 1. The maximum Gasteiger partial charge on any atom is 0.408 e. The first kappa shape index (κ1) is 23.4. The van der Waals surface area contributed by atoms with Crippen LogP contribution in [0.1, 0.15) is 42.4 Å². The molecule has 0 unspecified atom stereocenters. The molecule has 170 valence electrons. The zero-order chi connectivity index (χ0) is 24.0. The molecule has 0 aliphatic heterocycles. The van der Waals surface area contributed by atoms with Gasteiger partial charge in [0, 0.05) is 11.5 Å². The first-order chi connectivity index (χ1) is 15.6. The molecule has 0 aliphatic rings. The van der Waals surface area contributed by atoms with E-state index in [1.165, 1.54) is 0 Å². The van der Waals surface area contributed by atoms with Gasteiger partial charge < -0.3 is 24.9 Å². The number of hydrogen-bond acceptors (Lipinski definition) is 5. The smallest absolute Gasteiger partial charge is 0.408 e. The Bertz CT molecular complexity index is 1290. The number of nitrogens with one attached hydrogen (secondary N) is 2. The highest BCUT2D eigenvalue weighted by Crippen LogP contribution is 2.28. The van der Waals surface area contributed by atoms with Gasteiger partial charge in [0.05, 0.1) is 17.6 Å². The molecule has 3 rings (SSSR count). The van der Waals surface area contributed by atoms with E-state index in [4.69, 9.17) is 9.47 Å². The van der Waals surface area contributed by atoms with Crippen LogP contribution in [-0.4, -0.2) is 34.3 Å². The molecule has 3 aromatic rings. The summed E-state index contributed by atoms with van der Waals surface area (Å²) in [5.41, 5.74) is 0.231. The number of benzene rings is 2. The summed E-state index contributed by atoms with van der Waals surface area (Å²) in [6, 6.07) is 13.6. The topological polar surface area (TPSA) is 118 Å². The van der Waals surface area contributed by atoms with Crippen LogP contribution < -0.4 is 15.5 Å². The van der Waals surface area contributed by atoms with Gasteiger partial charge in [0.25, 0.3) is 0 Å². The number of ether oxygens (including phenoxy) is 2. The number of carbonyl (C=O) groups is 2. The van der Waals surface area contributed by atoms with E-state index in [9.17, 15) is 19.5 Å². The van der Waals surface area contributed by atoms with E-state index in [1.54, 1.807) is 32.9 Å². The Morgan fingerprint density at radius 3 is 2.52 bits per heavy atom. The molecule has 0 spiro atoms. The van der Waals surface area contributed by atoms with Crippen LogP contribution in [-0.2, 0) is 11.3 Å². The Morgan fingerprint density at radius 1 is 1.12 bits per heavy atom. The number of aromatic nitrogens is 1. The third-order valence-corrected chi connectivity index (χ3v) is 4.36. The number of amides is 1. The molecule has 0 radical (unpaired) electrons. The van der Waals surface area contributed by atoms with E-state index in [1.807, 2.05) is 30.3 Å². The molecule has 1 aromatic heterocycles. The zero-order valence-corrected chi connectivity index (χ0v) is 18.5. The average Bonchev–Trinajstić information content (AvgIpc) is 2.75. The van der Waals surface area contributed by atoms with Gasteiger partial charge >= 0.3 is 12.1 Å². The van der Waals surface area contributed by atoms with Gasteiger partial charge in [-0.1, -0.05) is 42.2 Å². The van der Waals surface area contributed by atoms with Crippen LogP contribution >= 0.6 is 0 Å². The van der Waals surface area contributed by atoms with E-state index in [0.29, 0.717) is 5.56 Å². The van der Waals surface area contributed by atoms with E-state index in [2.05, 4.69) is 22.1 Å². The Morgan fingerprint density at radius 2 is 1.85 bits per heavy atom. The molecule has 0 saturated carbocycles. The lowest BCUT2D eigenvalue weighted by Gasteiger charge is -2.19. The van der Waals surface area contributed by atoms with E-state index in [-0.39, 0.29) is 35.5 Å². The second-order valence-electron chi connectivity index (χ2n) is 8.15. The Hall–Kier alpha value is -4.25. The Kier molecular flexibility index (Phi) is 7.04. The number of carboxylic acid groups (broad SMARTS) is 1. The Balaban J connectivity index is 1.95. The summed E-state index contributed by atoms with van der Waals surface area (Å²) < 4.78 is 11.2. The average molecular weight is 448 g/mol. The summed E-state index contributed by atoms with van der Waals surface area (Å²) in [5, 5.41) is 12.2. The quantitative estimate of drug-likeness (QED) is 0.513. The molecular formula is C25H24N2O6. The second kappa shape index (κ2) is 9.92. The molecule has 0 fully saturated rings. The highest BCUT2D eigenvalue weighted by molar-refractivity contribution is 5.93. The van der Waals surface area contributed by atoms with Crippen LogP contribution in [0.25, 0.3) is 10.9 Å². The largest absolute Gasteiger partial charge is 0.485 e. The van der Waals surface area contributed by atoms with Crippen molar-refractivity contribution in [1.29, 1.82) is 0 Å². The van der Waals surface area contributed by atoms with Crippen molar-refractivity contribution in [2.24, 2.45) is 0 Å². The molecule has 3 N–H and O–H groups in total. The number of alkyl carbamates (subject to hydrolysis) is 1. The van der Waals surface area contributed by atoms with Gasteiger partial charge in [0.15, 0.2) is 11.2 Å². The third kappa shape index (κ3) is 6.37. The van der Waals surface area contributed by atoms with Gasteiger partial charge in [0.1, 0.15) is 17.9 Å². The van der Waals surface area contributed by atoms with Crippen LogP contribution in [0.5, 0.6) is 5.75 Å². The van der Waals surface area contributed by atoms with Crippen molar-refractivity contribution in [3.05, 3.63) is 75.6 Å². The third-order valence-electron chi connectivity index (χ3n) is 4.36. The van der Waals surface area contributed by atoms with Gasteiger partial charge in [0.2, 0.25) is 0 Å². The second-order valence-corrected chi connectivity index (χ2v) is 8.15. The molecular weight excluding hydrogens is 424 g/mol. The summed E-state index contributed by atoms with van der Waals surface area (Å²) in [5.74, 6) is 4.72. The highest BCUT2D eigenvalue weighted by Gasteiger charge is 2.16. The predicted octanol–water partition coefficient (Wildman–Crippen LogP) is 3.68. The van der Waals surface area contributed by atoms with Crippen LogP contribution in [0.3, 0.4) is 0 Å². The minimum atomic E-state index is -1.26. The van der Waals surface area contributed by atoms with Gasteiger partial charge in [-0.15, -0.1) is 0 Å². The van der Waals surface area contributed by atoms with Crippen molar-refractivity contribution in [1.82, 2.24) is 10.3 Å². The minimum absolute atomic E-state index is 0.0246. The lowest BCUT2D eigenvalue weighted by molar-refractivity contribution is 0.0534. The fraction of sp³-hybridized carbons (Fsp3) is 0.240. The molecule has 33 heavy (non-hydrogen) atoms. The van der Waals surface area contributed by atoms with Crippen molar-refractivity contribution in [3.8, 4) is 17.6 Å². The number of carbonyl (C=O) groups excluding carboxylic acids is 1. The van der Waals surface area contributed by atoms with Crippen LogP contribution in [0.4, 0.5) is 4.79 Å². The van der Waals surface area contributed by atoms with Crippen molar-refractivity contribution in [3.63, 3.8) is 0 Å². The van der Waals surface area contributed by atoms with Crippen molar-refractivity contribution >= 4 is 23.0 Å². The lowest BCUT2D eigenvalue weighted by atomic mass is 10.1. The monoisotopic (exact) mass is 448 g/mol. The fourth-order valence-corrected chi connectivity index (χ4v) is 2.95. The number of fused-ring (bicyclic) bond motifs is 1. The summed E-state index contributed by atoms with van der Waals surface area (Å²) >= 11 is 0. The first-order valence-corrected chi connectivity index (χ1v) is 10.2. The lowest BCUT2D eigenvalue weighted by Crippen LogP contribution is -2.32. The number of hydrogen-bond donors (Lipinski definition) is 3. The van der Waals surface area contributed by atoms with Crippen LogP contribution in [0.15, 0.2) is 53.3 Å². The number of pyridine rings is 1. The standard InChI is InChI=1S/C25H24N2O6/c1-25(2,3)33-24(31)26-13-7-10-17-11-12-18-20(28)14-19(23(29)30)27-21(18)22(17)32-15-16-8-5-4-6-9-16/h4-6,8-9,11-12,14H,13,15H2,1-3H3,(H,26,31)(H,27,28)(H,29,30). The highest BCUT2D eigenvalue weighted by atomic mass is 16.6. The minimum Gasteiger partial charge on any atom is -0.485 e. The number of H-pyrrole nitrogens is 1. The maximum absolute atomic E-state index is 12.5. The molecule has 8 nitrogen and oxygen atoms in total. The van der Waals surface area contributed by atoms with Gasteiger partial charge in [-0.05, 0) is 38.5 Å². The molecule has 0 aliphatic carbocycles. The molecule has 1 amide bonds. The van der Waals surface area contributed by atoms with E-state index >= 15 is 0 Å². The molecule has 0 atom stereocenters. The summed E-state index contributed by atoms with van der Waals surface area (Å²) in [7, 11) is 0. The number of aromatic carboxylic acids is 1. The fourth-order valence-electron chi connectivity index (χ4n) is 2.95. The molecule has 1 heterocycles. The Labute approximate surface area is 190 Å². The van der Waals surface area contributed by atoms with Crippen LogP contribution in [0, 0.1) is 11.8 Å². The normalized spacial score (nSPS) is 10.8. The molecule has 0 saturated heterocycles. The predicted molar refractivity (Wildman–Crippen MR) is 123 cm³/mol. The zero-order valence-electron chi connectivity index (χ0n) is 18.5. The van der Waals surface area contributed by atoms with Crippen molar-refractivity contribution in [2.45, 2.75) is 33.0 Å².